The third kappa shape index (κ3) is 9.77. The zero-order valence-corrected chi connectivity index (χ0v) is 11.3. The van der Waals surface area contributed by atoms with Crippen LogP contribution >= 0.6 is 0 Å². The van der Waals surface area contributed by atoms with Crippen LogP contribution in [0.1, 0.15) is 20.8 Å². The Kier molecular flexibility index (Phi) is 6.12. The molecule has 0 aliphatic carbocycles. The maximum Gasteiger partial charge on any atom is 0.330 e. The van der Waals surface area contributed by atoms with Gasteiger partial charge in [0, 0.05) is 6.08 Å². The second-order valence-corrected chi connectivity index (χ2v) is 6.02. The van der Waals surface area contributed by atoms with Crippen molar-refractivity contribution in [2.24, 2.45) is 5.41 Å². The number of carbonyl (C=O) groups excluding carboxylic acids is 1. The molecule has 0 fully saturated rings. The van der Waals surface area contributed by atoms with Crippen molar-refractivity contribution in [2.45, 2.75) is 20.8 Å². The SMILES string of the molecule is COC(=O)/C=C\C=C\S(=O)(=O)OCC(C)(C)C. The van der Waals surface area contributed by atoms with Crippen molar-refractivity contribution < 1.29 is 22.1 Å². The van der Waals surface area contributed by atoms with Crippen LogP contribution in [0.2, 0.25) is 0 Å². The first-order chi connectivity index (χ1) is 7.66. The molecule has 0 unspecified atom stereocenters. The summed E-state index contributed by atoms with van der Waals surface area (Å²) in [6.07, 6.45) is 3.58. The zero-order valence-electron chi connectivity index (χ0n) is 10.5. The van der Waals surface area contributed by atoms with Crippen LogP contribution in [0.3, 0.4) is 0 Å². The van der Waals surface area contributed by atoms with E-state index in [1.807, 2.05) is 20.8 Å². The molecule has 0 N–H and O–H groups in total. The fourth-order valence-electron chi connectivity index (χ4n) is 0.642. The molecule has 0 amide bonds. The highest BCUT2D eigenvalue weighted by Crippen LogP contribution is 2.14. The number of allylic oxidation sites excluding steroid dienone is 2. The quantitative estimate of drug-likeness (QED) is 0.326. The van der Waals surface area contributed by atoms with Crippen LogP contribution in [0, 0.1) is 5.41 Å². The van der Waals surface area contributed by atoms with Crippen molar-refractivity contribution in [2.75, 3.05) is 13.7 Å². The van der Waals surface area contributed by atoms with Crippen LogP contribution < -0.4 is 0 Å². The molecule has 17 heavy (non-hydrogen) atoms. The Hall–Kier alpha value is -1.14. The fraction of sp³-hybridized carbons (Fsp3) is 0.545. The molecule has 0 radical (unpaired) electrons. The van der Waals surface area contributed by atoms with Gasteiger partial charge in [-0.3, -0.25) is 4.18 Å². The summed E-state index contributed by atoms with van der Waals surface area (Å²) in [6.45, 7) is 5.69. The van der Waals surface area contributed by atoms with Gasteiger partial charge in [0.2, 0.25) is 0 Å². The minimum Gasteiger partial charge on any atom is -0.466 e. The maximum absolute atomic E-state index is 11.3. The molecule has 5 nitrogen and oxygen atoms in total. The Labute approximate surface area is 102 Å². The fourth-order valence-corrected chi connectivity index (χ4v) is 1.52. The second kappa shape index (κ2) is 6.56. The molecular formula is C11H18O5S. The van der Waals surface area contributed by atoms with Gasteiger partial charge < -0.3 is 4.74 Å². The van der Waals surface area contributed by atoms with E-state index >= 15 is 0 Å². The van der Waals surface area contributed by atoms with Crippen molar-refractivity contribution in [3.8, 4) is 0 Å². The third-order valence-electron chi connectivity index (χ3n) is 1.45. The van der Waals surface area contributed by atoms with Crippen LogP contribution in [0.25, 0.3) is 0 Å². The van der Waals surface area contributed by atoms with E-state index in [4.69, 9.17) is 4.18 Å². The summed E-state index contributed by atoms with van der Waals surface area (Å²) >= 11 is 0. The summed E-state index contributed by atoms with van der Waals surface area (Å²) in [6, 6.07) is 0. The van der Waals surface area contributed by atoms with Gasteiger partial charge in [0.15, 0.2) is 0 Å². The lowest BCUT2D eigenvalue weighted by Gasteiger charge is -2.16. The van der Waals surface area contributed by atoms with Gasteiger partial charge in [-0.1, -0.05) is 26.8 Å². The van der Waals surface area contributed by atoms with Crippen LogP contribution in [-0.2, 0) is 23.8 Å². The predicted octanol–water partition coefficient (Wildman–Crippen LogP) is 1.62. The molecule has 0 aromatic rings. The molecule has 0 aromatic carbocycles. The molecular weight excluding hydrogens is 244 g/mol. The molecule has 0 spiro atoms. The van der Waals surface area contributed by atoms with Gasteiger partial charge >= 0.3 is 5.97 Å². The minimum absolute atomic E-state index is 0.0976. The van der Waals surface area contributed by atoms with E-state index in [9.17, 15) is 13.2 Å². The monoisotopic (exact) mass is 262 g/mol. The molecule has 0 heterocycles. The summed E-state index contributed by atoms with van der Waals surface area (Å²) in [5.41, 5.74) is -0.233. The molecule has 0 saturated carbocycles. The Bertz CT molecular complexity index is 398. The number of esters is 1. The van der Waals surface area contributed by atoms with E-state index in [1.54, 1.807) is 0 Å². The topological polar surface area (TPSA) is 69.7 Å². The molecule has 0 aromatic heterocycles. The number of methoxy groups -OCH3 is 1. The lowest BCUT2D eigenvalue weighted by Crippen LogP contribution is -2.17. The molecule has 0 bridgehead atoms. The van der Waals surface area contributed by atoms with Crippen LogP contribution in [-0.4, -0.2) is 28.1 Å². The predicted molar refractivity (Wildman–Crippen MR) is 64.6 cm³/mol. The van der Waals surface area contributed by atoms with Crippen LogP contribution in [0.15, 0.2) is 23.6 Å². The van der Waals surface area contributed by atoms with E-state index in [0.29, 0.717) is 0 Å². The van der Waals surface area contributed by atoms with Gasteiger partial charge in [0.25, 0.3) is 10.1 Å². The number of hydrogen-bond acceptors (Lipinski definition) is 5. The van der Waals surface area contributed by atoms with E-state index < -0.39 is 16.1 Å². The lowest BCUT2D eigenvalue weighted by atomic mass is 9.99. The Morgan fingerprint density at radius 2 is 1.82 bits per heavy atom. The largest absolute Gasteiger partial charge is 0.466 e. The van der Waals surface area contributed by atoms with Crippen molar-refractivity contribution in [3.63, 3.8) is 0 Å². The Balaban J connectivity index is 4.32. The van der Waals surface area contributed by atoms with Gasteiger partial charge in [0.05, 0.1) is 19.1 Å². The Morgan fingerprint density at radius 3 is 2.29 bits per heavy atom. The van der Waals surface area contributed by atoms with Crippen molar-refractivity contribution in [3.05, 3.63) is 23.6 Å². The highest BCUT2D eigenvalue weighted by molar-refractivity contribution is 7.89. The summed E-state index contributed by atoms with van der Waals surface area (Å²) < 4.78 is 31.8. The van der Waals surface area contributed by atoms with Crippen LogP contribution in [0.4, 0.5) is 0 Å². The molecule has 98 valence electrons. The Morgan fingerprint density at radius 1 is 1.24 bits per heavy atom. The van der Waals surface area contributed by atoms with E-state index in [1.165, 1.54) is 19.3 Å². The smallest absolute Gasteiger partial charge is 0.330 e. The number of ether oxygens (including phenoxy) is 1. The summed E-state index contributed by atoms with van der Waals surface area (Å²) in [4.78, 5) is 10.7. The van der Waals surface area contributed by atoms with Crippen molar-refractivity contribution >= 4 is 16.1 Å². The summed E-state index contributed by atoms with van der Waals surface area (Å²) in [5.74, 6) is -0.553. The van der Waals surface area contributed by atoms with Gasteiger partial charge in [0.1, 0.15) is 0 Å². The highest BCUT2D eigenvalue weighted by atomic mass is 32.2. The first-order valence-electron chi connectivity index (χ1n) is 4.98. The summed E-state index contributed by atoms with van der Waals surface area (Å²) in [5, 5.41) is 0.887. The average molecular weight is 262 g/mol. The molecule has 0 saturated heterocycles. The van der Waals surface area contributed by atoms with Gasteiger partial charge in [-0.2, -0.15) is 8.42 Å². The number of rotatable bonds is 5. The number of hydrogen-bond donors (Lipinski definition) is 0. The molecule has 6 heteroatoms. The molecule has 0 aliphatic heterocycles. The first kappa shape index (κ1) is 15.9. The van der Waals surface area contributed by atoms with Gasteiger partial charge in [-0.25, -0.2) is 4.79 Å². The van der Waals surface area contributed by atoms with E-state index in [-0.39, 0.29) is 12.0 Å². The van der Waals surface area contributed by atoms with Crippen LogP contribution in [0.5, 0.6) is 0 Å². The standard InChI is InChI=1S/C11H18O5S/c1-11(2,3)9-16-17(13,14)8-6-5-7-10(12)15-4/h5-8H,9H2,1-4H3/b7-5-,8-6+. The second-order valence-electron chi connectivity index (χ2n) is 4.53. The lowest BCUT2D eigenvalue weighted by molar-refractivity contribution is -0.134. The highest BCUT2D eigenvalue weighted by Gasteiger charge is 2.15. The zero-order chi connectivity index (χ0) is 13.5. The molecule has 0 rings (SSSR count). The van der Waals surface area contributed by atoms with Crippen molar-refractivity contribution in [1.82, 2.24) is 0 Å². The maximum atomic E-state index is 11.3. The summed E-state index contributed by atoms with van der Waals surface area (Å²) in [7, 11) is -2.47. The van der Waals surface area contributed by atoms with Gasteiger partial charge in [-0.05, 0) is 11.5 Å². The normalized spacial score (nSPS) is 13.4. The minimum atomic E-state index is -3.70. The van der Waals surface area contributed by atoms with E-state index in [2.05, 4.69) is 4.74 Å². The molecule has 0 aliphatic rings. The first-order valence-corrected chi connectivity index (χ1v) is 6.45. The average Bonchev–Trinajstić information content (AvgIpc) is 2.20. The third-order valence-corrected chi connectivity index (χ3v) is 2.38. The van der Waals surface area contributed by atoms with Crippen molar-refractivity contribution in [1.29, 1.82) is 0 Å². The van der Waals surface area contributed by atoms with E-state index in [0.717, 1.165) is 11.5 Å². The van der Waals surface area contributed by atoms with Gasteiger partial charge in [-0.15, -0.1) is 0 Å². The number of carbonyl (C=O) groups is 1. The molecule has 0 atom stereocenters.